The van der Waals surface area contributed by atoms with Gasteiger partial charge in [-0.15, -0.1) is 0 Å². The SMILES string of the molecule is O=C(O)C1CC(C(=O)O)C(C(=O)O)C1C(=O)O.O=C(O)C1CCC(C(=O)O)C(C(=O)O)C1C(=O)O. The number of carbonyl (C=O) groups is 8. The fraction of sp³-hybridized carbons (Fsp3) is 0.579. The molecule has 0 amide bonds. The summed E-state index contributed by atoms with van der Waals surface area (Å²) < 4.78 is 0. The second kappa shape index (κ2) is 11.3. The Morgan fingerprint density at radius 1 is 0.343 bits per heavy atom. The zero-order valence-corrected chi connectivity index (χ0v) is 17.6. The molecule has 16 heteroatoms. The van der Waals surface area contributed by atoms with Gasteiger partial charge in [-0.25, -0.2) is 0 Å². The van der Waals surface area contributed by atoms with Crippen molar-refractivity contribution in [1.29, 1.82) is 0 Å². The van der Waals surface area contributed by atoms with E-state index in [1.54, 1.807) is 0 Å². The van der Waals surface area contributed by atoms with Crippen LogP contribution in [0.4, 0.5) is 0 Å². The third kappa shape index (κ3) is 6.21. The van der Waals surface area contributed by atoms with E-state index in [0.717, 1.165) is 0 Å². The summed E-state index contributed by atoms with van der Waals surface area (Å²) in [6, 6.07) is 0. The van der Waals surface area contributed by atoms with Crippen LogP contribution in [-0.4, -0.2) is 88.6 Å². The maximum atomic E-state index is 11.0. The molecule has 2 fully saturated rings. The van der Waals surface area contributed by atoms with Crippen LogP contribution >= 0.6 is 0 Å². The first-order valence-electron chi connectivity index (χ1n) is 9.86. The molecular weight excluding hydrogens is 484 g/mol. The summed E-state index contributed by atoms with van der Waals surface area (Å²) in [5.41, 5.74) is 0. The van der Waals surface area contributed by atoms with Gasteiger partial charge < -0.3 is 40.9 Å². The molecule has 194 valence electrons. The summed E-state index contributed by atoms with van der Waals surface area (Å²) in [6.07, 6.45) is -0.807. The first-order valence-corrected chi connectivity index (χ1v) is 9.86. The zero-order chi connectivity index (χ0) is 27.4. The van der Waals surface area contributed by atoms with E-state index < -0.39 is 102 Å². The highest BCUT2D eigenvalue weighted by molar-refractivity contribution is 5.91. The second-order valence-electron chi connectivity index (χ2n) is 8.05. The molecule has 2 aliphatic carbocycles. The lowest BCUT2D eigenvalue weighted by molar-refractivity contribution is -0.172. The van der Waals surface area contributed by atoms with Crippen LogP contribution in [0.3, 0.4) is 0 Å². The number of hydrogen-bond donors (Lipinski definition) is 8. The highest BCUT2D eigenvalue weighted by Crippen LogP contribution is 2.42. The minimum absolute atomic E-state index is 0.160. The van der Waals surface area contributed by atoms with Crippen LogP contribution in [0.15, 0.2) is 0 Å². The third-order valence-corrected chi connectivity index (χ3v) is 6.21. The van der Waals surface area contributed by atoms with Crippen LogP contribution in [0.5, 0.6) is 0 Å². The molecule has 35 heavy (non-hydrogen) atoms. The second-order valence-corrected chi connectivity index (χ2v) is 8.05. The highest BCUT2D eigenvalue weighted by Gasteiger charge is 2.56. The lowest BCUT2D eigenvalue weighted by Crippen LogP contribution is -2.48. The van der Waals surface area contributed by atoms with Gasteiger partial charge in [-0.05, 0) is 19.3 Å². The fourth-order valence-electron chi connectivity index (χ4n) is 4.65. The Morgan fingerprint density at radius 2 is 0.543 bits per heavy atom. The summed E-state index contributed by atoms with van der Waals surface area (Å²) >= 11 is 0. The summed E-state index contributed by atoms with van der Waals surface area (Å²) in [4.78, 5) is 87.3. The molecule has 0 aromatic carbocycles. The molecule has 0 aromatic rings. The third-order valence-electron chi connectivity index (χ3n) is 6.21. The van der Waals surface area contributed by atoms with Gasteiger partial charge in [0.15, 0.2) is 0 Å². The number of aliphatic carboxylic acids is 8. The summed E-state index contributed by atoms with van der Waals surface area (Å²) in [6.45, 7) is 0. The Morgan fingerprint density at radius 3 is 0.714 bits per heavy atom. The van der Waals surface area contributed by atoms with Crippen LogP contribution in [-0.2, 0) is 38.4 Å². The molecule has 8 atom stereocenters. The number of carboxylic acids is 8. The van der Waals surface area contributed by atoms with Crippen LogP contribution in [0, 0.1) is 47.3 Å². The van der Waals surface area contributed by atoms with E-state index in [1.165, 1.54) is 0 Å². The molecule has 2 rings (SSSR count). The van der Waals surface area contributed by atoms with Crippen molar-refractivity contribution in [1.82, 2.24) is 0 Å². The lowest BCUT2D eigenvalue weighted by atomic mass is 9.66. The Hall–Kier alpha value is -4.24. The van der Waals surface area contributed by atoms with Crippen molar-refractivity contribution in [2.75, 3.05) is 0 Å². The minimum Gasteiger partial charge on any atom is -0.481 e. The lowest BCUT2D eigenvalue weighted by Gasteiger charge is -2.34. The Balaban J connectivity index is 0.000000351. The number of hydrogen-bond acceptors (Lipinski definition) is 8. The van der Waals surface area contributed by atoms with Gasteiger partial charge in [-0.2, -0.15) is 0 Å². The average molecular weight is 506 g/mol. The molecule has 8 unspecified atom stereocenters. The van der Waals surface area contributed by atoms with Crippen molar-refractivity contribution in [3.8, 4) is 0 Å². The minimum atomic E-state index is -1.73. The first kappa shape index (κ1) is 28.8. The summed E-state index contributed by atoms with van der Waals surface area (Å²) in [5.74, 6) is -24.8. The van der Waals surface area contributed by atoms with E-state index in [0.29, 0.717) is 0 Å². The van der Waals surface area contributed by atoms with Crippen LogP contribution in [0.25, 0.3) is 0 Å². The normalized spacial score (nSPS) is 31.8. The van der Waals surface area contributed by atoms with Gasteiger partial charge >= 0.3 is 47.8 Å². The first-order chi connectivity index (χ1) is 16.0. The van der Waals surface area contributed by atoms with Crippen molar-refractivity contribution in [2.24, 2.45) is 47.3 Å². The van der Waals surface area contributed by atoms with E-state index in [-0.39, 0.29) is 12.8 Å². The van der Waals surface area contributed by atoms with Gasteiger partial charge in [0.2, 0.25) is 0 Å². The van der Waals surface area contributed by atoms with Crippen molar-refractivity contribution in [3.63, 3.8) is 0 Å². The monoisotopic (exact) mass is 506 g/mol. The van der Waals surface area contributed by atoms with Gasteiger partial charge in [-0.1, -0.05) is 0 Å². The van der Waals surface area contributed by atoms with Crippen molar-refractivity contribution in [2.45, 2.75) is 19.3 Å². The number of carboxylic acid groups (broad SMARTS) is 8. The molecule has 0 aliphatic heterocycles. The standard InChI is InChI=1S/C10H12O8.C9H10O8/c11-7(12)3-1-2-4(8(13)14)6(10(17)18)5(3)9(15)16;10-6(11)2-1-3(7(12)13)5(9(16)17)4(2)8(14)15/h3-6H,1-2H2,(H,11,12)(H,13,14)(H,15,16)(H,17,18);2-5H,1H2,(H,10,11)(H,12,13)(H,14,15)(H,16,17). The Labute approximate surface area is 194 Å². The predicted octanol–water partition coefficient (Wildman–Crippen LogP) is -1.22. The Bertz CT molecular complexity index is 863. The van der Waals surface area contributed by atoms with Crippen molar-refractivity contribution in [3.05, 3.63) is 0 Å². The molecule has 0 saturated heterocycles. The van der Waals surface area contributed by atoms with Gasteiger partial charge in [0.25, 0.3) is 0 Å². The molecule has 0 bridgehead atoms. The summed E-state index contributed by atoms with van der Waals surface area (Å²) in [7, 11) is 0. The van der Waals surface area contributed by atoms with Gasteiger partial charge in [0.1, 0.15) is 0 Å². The van der Waals surface area contributed by atoms with Crippen LogP contribution in [0.2, 0.25) is 0 Å². The number of rotatable bonds is 8. The molecule has 16 nitrogen and oxygen atoms in total. The van der Waals surface area contributed by atoms with Crippen LogP contribution in [0.1, 0.15) is 19.3 Å². The molecule has 0 heterocycles. The molecule has 2 aliphatic rings. The molecule has 0 spiro atoms. The van der Waals surface area contributed by atoms with Crippen molar-refractivity contribution >= 4 is 47.8 Å². The highest BCUT2D eigenvalue weighted by atomic mass is 16.4. The smallest absolute Gasteiger partial charge is 0.308 e. The average Bonchev–Trinajstić information content (AvgIpc) is 3.14. The molecule has 0 aromatic heterocycles. The maximum Gasteiger partial charge on any atom is 0.308 e. The quantitative estimate of drug-likeness (QED) is 0.191. The molecule has 8 N–H and O–H groups in total. The van der Waals surface area contributed by atoms with E-state index in [9.17, 15) is 38.4 Å². The predicted molar refractivity (Wildman–Crippen MR) is 103 cm³/mol. The molecule has 2 saturated carbocycles. The van der Waals surface area contributed by atoms with Crippen LogP contribution < -0.4 is 0 Å². The zero-order valence-electron chi connectivity index (χ0n) is 17.6. The molecule has 0 radical (unpaired) electrons. The van der Waals surface area contributed by atoms with Gasteiger partial charge in [-0.3, -0.25) is 38.4 Å². The van der Waals surface area contributed by atoms with E-state index in [1.807, 2.05) is 0 Å². The van der Waals surface area contributed by atoms with E-state index in [4.69, 9.17) is 40.9 Å². The summed E-state index contributed by atoms with van der Waals surface area (Å²) in [5, 5.41) is 70.9. The molecular formula is C19H22O16. The van der Waals surface area contributed by atoms with E-state index in [2.05, 4.69) is 0 Å². The van der Waals surface area contributed by atoms with Gasteiger partial charge in [0, 0.05) is 0 Å². The Kier molecular flexibility index (Phi) is 9.26. The van der Waals surface area contributed by atoms with Gasteiger partial charge in [0.05, 0.1) is 47.3 Å². The topological polar surface area (TPSA) is 298 Å². The fourth-order valence-corrected chi connectivity index (χ4v) is 4.65. The van der Waals surface area contributed by atoms with Crippen molar-refractivity contribution < 1.29 is 79.2 Å². The largest absolute Gasteiger partial charge is 0.481 e. The maximum absolute atomic E-state index is 11.0. The van der Waals surface area contributed by atoms with E-state index >= 15 is 0 Å².